The molecule has 0 heterocycles. The Morgan fingerprint density at radius 1 is 1.08 bits per heavy atom. The Labute approximate surface area is 152 Å². The normalized spacial score (nSPS) is 11.5. The van der Waals surface area contributed by atoms with Crippen molar-refractivity contribution in [3.63, 3.8) is 0 Å². The van der Waals surface area contributed by atoms with E-state index in [2.05, 4.69) is 5.32 Å². The Kier molecular flexibility index (Phi) is 6.95. The van der Waals surface area contributed by atoms with Gasteiger partial charge in [0, 0.05) is 11.6 Å². The summed E-state index contributed by atoms with van der Waals surface area (Å²) in [7, 11) is 3.19. The van der Waals surface area contributed by atoms with Crippen LogP contribution in [-0.4, -0.2) is 32.8 Å². The molecule has 0 spiro atoms. The lowest BCUT2D eigenvalue weighted by molar-refractivity contribution is -0.127. The number of methoxy groups -OCH3 is 2. The molecule has 0 radical (unpaired) electrons. The van der Waals surface area contributed by atoms with E-state index in [1.54, 1.807) is 45.4 Å². The van der Waals surface area contributed by atoms with E-state index >= 15 is 0 Å². The summed E-state index contributed by atoms with van der Waals surface area (Å²) in [6, 6.07) is 12.6. The Bertz CT molecular complexity index is 703. The van der Waals surface area contributed by atoms with Crippen LogP contribution in [0, 0.1) is 0 Å². The molecule has 6 heteroatoms. The molecule has 5 nitrogen and oxygen atoms in total. The van der Waals surface area contributed by atoms with E-state index in [9.17, 15) is 4.79 Å². The van der Waals surface area contributed by atoms with Gasteiger partial charge in [-0.15, -0.1) is 0 Å². The Hall–Kier alpha value is -2.40. The van der Waals surface area contributed by atoms with Gasteiger partial charge in [-0.05, 0) is 55.3 Å². The Balaban J connectivity index is 1.82. The number of rotatable bonds is 8. The third-order valence-electron chi connectivity index (χ3n) is 3.66. The highest BCUT2D eigenvalue weighted by atomic mass is 35.5. The largest absolute Gasteiger partial charge is 0.493 e. The molecule has 2 rings (SSSR count). The van der Waals surface area contributed by atoms with Gasteiger partial charge in [-0.3, -0.25) is 4.79 Å². The first kappa shape index (κ1) is 18.9. The molecular weight excluding hydrogens is 342 g/mol. The maximum Gasteiger partial charge on any atom is 0.260 e. The molecule has 0 aromatic heterocycles. The number of halogens is 1. The predicted molar refractivity (Wildman–Crippen MR) is 97.8 cm³/mol. The van der Waals surface area contributed by atoms with Crippen LogP contribution >= 0.6 is 11.6 Å². The fraction of sp³-hybridized carbons (Fsp3) is 0.316. The number of ether oxygens (including phenoxy) is 3. The van der Waals surface area contributed by atoms with Crippen molar-refractivity contribution in [1.29, 1.82) is 0 Å². The van der Waals surface area contributed by atoms with Gasteiger partial charge in [-0.2, -0.15) is 0 Å². The summed E-state index contributed by atoms with van der Waals surface area (Å²) in [6.45, 7) is 2.21. The molecule has 0 aliphatic heterocycles. The number of amides is 1. The van der Waals surface area contributed by atoms with E-state index in [4.69, 9.17) is 25.8 Å². The number of carbonyl (C=O) groups excluding carboxylic acids is 1. The molecule has 0 saturated heterocycles. The second-order valence-corrected chi connectivity index (χ2v) is 5.88. The summed E-state index contributed by atoms with van der Waals surface area (Å²) in [6.07, 6.45) is 0.0892. The van der Waals surface area contributed by atoms with E-state index < -0.39 is 6.10 Å². The first-order valence-electron chi connectivity index (χ1n) is 7.94. The Morgan fingerprint density at radius 3 is 2.40 bits per heavy atom. The molecule has 134 valence electrons. The van der Waals surface area contributed by atoms with Crippen molar-refractivity contribution < 1.29 is 19.0 Å². The summed E-state index contributed by atoms with van der Waals surface area (Å²) >= 11 is 5.83. The van der Waals surface area contributed by atoms with Crippen molar-refractivity contribution in [3.05, 3.63) is 53.1 Å². The number of carbonyl (C=O) groups is 1. The topological polar surface area (TPSA) is 56.8 Å². The van der Waals surface area contributed by atoms with Gasteiger partial charge in [0.1, 0.15) is 5.75 Å². The quantitative estimate of drug-likeness (QED) is 0.780. The molecule has 0 aliphatic carbocycles. The van der Waals surface area contributed by atoms with Crippen molar-refractivity contribution in [2.24, 2.45) is 0 Å². The van der Waals surface area contributed by atoms with Crippen molar-refractivity contribution >= 4 is 17.5 Å². The number of benzene rings is 2. The maximum atomic E-state index is 12.1. The van der Waals surface area contributed by atoms with Gasteiger partial charge in [0.05, 0.1) is 14.2 Å². The van der Waals surface area contributed by atoms with Gasteiger partial charge in [-0.1, -0.05) is 17.7 Å². The zero-order chi connectivity index (χ0) is 18.2. The highest BCUT2D eigenvalue weighted by molar-refractivity contribution is 6.30. The fourth-order valence-corrected chi connectivity index (χ4v) is 2.41. The van der Waals surface area contributed by atoms with E-state index in [-0.39, 0.29) is 5.91 Å². The molecule has 1 N–H and O–H groups in total. The first-order chi connectivity index (χ1) is 12.0. The van der Waals surface area contributed by atoms with Crippen molar-refractivity contribution in [3.8, 4) is 17.2 Å². The highest BCUT2D eigenvalue weighted by Crippen LogP contribution is 2.27. The van der Waals surface area contributed by atoms with Crippen LogP contribution in [0.4, 0.5) is 0 Å². The average Bonchev–Trinajstić information content (AvgIpc) is 2.63. The van der Waals surface area contributed by atoms with Crippen molar-refractivity contribution in [2.75, 3.05) is 20.8 Å². The van der Waals surface area contributed by atoms with Crippen LogP contribution in [-0.2, 0) is 11.2 Å². The number of hydrogen-bond donors (Lipinski definition) is 1. The van der Waals surface area contributed by atoms with Crippen LogP contribution in [0.15, 0.2) is 42.5 Å². The smallest absolute Gasteiger partial charge is 0.260 e. The summed E-state index contributed by atoms with van der Waals surface area (Å²) in [4.78, 5) is 12.1. The van der Waals surface area contributed by atoms with E-state index in [0.29, 0.717) is 35.2 Å². The van der Waals surface area contributed by atoms with Gasteiger partial charge in [0.2, 0.25) is 0 Å². The molecule has 1 unspecified atom stereocenters. The fourth-order valence-electron chi connectivity index (χ4n) is 2.28. The molecular formula is C19H22ClNO4. The molecule has 2 aromatic carbocycles. The lowest BCUT2D eigenvalue weighted by Gasteiger charge is -2.15. The van der Waals surface area contributed by atoms with E-state index in [1.165, 1.54) is 0 Å². The van der Waals surface area contributed by atoms with Gasteiger partial charge in [0.25, 0.3) is 5.91 Å². The summed E-state index contributed by atoms with van der Waals surface area (Å²) < 4.78 is 16.1. The van der Waals surface area contributed by atoms with E-state index in [0.717, 1.165) is 5.56 Å². The second-order valence-electron chi connectivity index (χ2n) is 5.44. The van der Waals surface area contributed by atoms with Gasteiger partial charge in [-0.25, -0.2) is 0 Å². The monoisotopic (exact) mass is 363 g/mol. The third-order valence-corrected chi connectivity index (χ3v) is 3.91. The summed E-state index contributed by atoms with van der Waals surface area (Å²) in [5.41, 5.74) is 1.05. The highest BCUT2D eigenvalue weighted by Gasteiger charge is 2.14. The van der Waals surface area contributed by atoms with Crippen molar-refractivity contribution in [2.45, 2.75) is 19.4 Å². The zero-order valence-electron chi connectivity index (χ0n) is 14.5. The molecule has 0 aliphatic rings. The number of hydrogen-bond acceptors (Lipinski definition) is 4. The molecule has 0 fully saturated rings. The standard InChI is InChI=1S/C19H22ClNO4/c1-13(25-16-7-5-15(20)6-8-16)19(22)21-11-10-14-4-9-17(23-2)18(12-14)24-3/h4-9,12-13H,10-11H2,1-3H3,(H,21,22). The minimum Gasteiger partial charge on any atom is -0.493 e. The van der Waals surface area contributed by atoms with Crippen molar-refractivity contribution in [1.82, 2.24) is 5.32 Å². The predicted octanol–water partition coefficient (Wildman–Crippen LogP) is 3.48. The molecule has 0 bridgehead atoms. The Morgan fingerprint density at radius 2 is 1.76 bits per heavy atom. The second kappa shape index (κ2) is 9.18. The van der Waals surface area contributed by atoms with Crippen LogP contribution in [0.25, 0.3) is 0 Å². The van der Waals surface area contributed by atoms with Crippen LogP contribution in [0.3, 0.4) is 0 Å². The minimum atomic E-state index is -0.591. The van der Waals surface area contributed by atoms with Crippen LogP contribution in [0.5, 0.6) is 17.2 Å². The van der Waals surface area contributed by atoms with Crippen LogP contribution in [0.1, 0.15) is 12.5 Å². The zero-order valence-corrected chi connectivity index (χ0v) is 15.3. The maximum absolute atomic E-state index is 12.1. The third kappa shape index (κ3) is 5.57. The summed E-state index contributed by atoms with van der Waals surface area (Å²) in [5, 5.41) is 3.49. The number of nitrogens with one attached hydrogen (secondary N) is 1. The van der Waals surface area contributed by atoms with Gasteiger partial charge in [0.15, 0.2) is 17.6 Å². The first-order valence-corrected chi connectivity index (χ1v) is 8.32. The molecule has 2 aromatic rings. The van der Waals surface area contributed by atoms with Gasteiger partial charge >= 0.3 is 0 Å². The molecule has 0 saturated carbocycles. The van der Waals surface area contributed by atoms with Gasteiger partial charge < -0.3 is 19.5 Å². The lowest BCUT2D eigenvalue weighted by Crippen LogP contribution is -2.37. The van der Waals surface area contributed by atoms with Crippen LogP contribution in [0.2, 0.25) is 5.02 Å². The lowest BCUT2D eigenvalue weighted by atomic mass is 10.1. The SMILES string of the molecule is COc1ccc(CCNC(=O)C(C)Oc2ccc(Cl)cc2)cc1OC. The van der Waals surface area contributed by atoms with Crippen LogP contribution < -0.4 is 19.5 Å². The summed E-state index contributed by atoms with van der Waals surface area (Å²) in [5.74, 6) is 1.79. The minimum absolute atomic E-state index is 0.171. The molecule has 1 amide bonds. The van der Waals surface area contributed by atoms with E-state index in [1.807, 2.05) is 18.2 Å². The average molecular weight is 364 g/mol. The molecule has 25 heavy (non-hydrogen) atoms. The molecule has 1 atom stereocenters.